The lowest BCUT2D eigenvalue weighted by Crippen LogP contribution is -2.53. The highest BCUT2D eigenvalue weighted by molar-refractivity contribution is 14.1. The van der Waals surface area contributed by atoms with Crippen LogP contribution >= 0.6 is 56.9 Å². The van der Waals surface area contributed by atoms with Gasteiger partial charge in [-0.25, -0.2) is 9.18 Å². The summed E-state index contributed by atoms with van der Waals surface area (Å²) in [5.74, 6) is -2.75. The van der Waals surface area contributed by atoms with E-state index in [2.05, 4.69) is 45.2 Å². The molecular weight excluding hydrogens is 719 g/mol. The SMILES string of the molecule is O=C1OC2(CC3SC2CC3C(=O)OCCC(F)C(F)(F)S(=O)(=O)O)Oc2cc(I)c(I)cc21. The second-order valence-electron chi connectivity index (χ2n) is 7.74. The molecule has 0 amide bonds. The lowest BCUT2D eigenvalue weighted by atomic mass is 9.84. The lowest BCUT2D eigenvalue weighted by molar-refractivity contribution is -0.172. The van der Waals surface area contributed by atoms with Crippen molar-refractivity contribution in [1.82, 2.24) is 0 Å². The molecule has 0 radical (unpaired) electrons. The molecule has 2 bridgehead atoms. The van der Waals surface area contributed by atoms with Gasteiger partial charge in [-0.1, -0.05) is 0 Å². The predicted molar refractivity (Wildman–Crippen MR) is 126 cm³/mol. The molecule has 2 saturated heterocycles. The van der Waals surface area contributed by atoms with E-state index in [0.717, 1.165) is 7.14 Å². The molecule has 15 heteroatoms. The Balaban J connectivity index is 1.36. The molecule has 3 aliphatic heterocycles. The van der Waals surface area contributed by atoms with Crippen molar-refractivity contribution in [3.05, 3.63) is 24.8 Å². The van der Waals surface area contributed by atoms with Crippen LogP contribution in [0.4, 0.5) is 13.2 Å². The van der Waals surface area contributed by atoms with Crippen LogP contribution in [0.2, 0.25) is 0 Å². The first kappa shape index (κ1) is 25.6. The van der Waals surface area contributed by atoms with E-state index in [1.54, 1.807) is 12.1 Å². The van der Waals surface area contributed by atoms with Gasteiger partial charge in [-0.05, 0) is 63.7 Å². The van der Waals surface area contributed by atoms with E-state index in [-0.39, 0.29) is 23.3 Å². The molecule has 5 atom stereocenters. The van der Waals surface area contributed by atoms with Crippen molar-refractivity contribution >= 4 is 79.0 Å². The fraction of sp³-hybridized carbons (Fsp3) is 0.556. The number of hydrogen-bond acceptors (Lipinski definition) is 8. The van der Waals surface area contributed by atoms with Crippen molar-refractivity contribution in [3.63, 3.8) is 0 Å². The van der Waals surface area contributed by atoms with Crippen molar-refractivity contribution in [2.75, 3.05) is 6.61 Å². The molecule has 33 heavy (non-hydrogen) atoms. The summed E-state index contributed by atoms with van der Waals surface area (Å²) in [7, 11) is -5.93. The number of carbonyl (C=O) groups excluding carboxylic acids is 2. The zero-order valence-corrected chi connectivity index (χ0v) is 22.3. The van der Waals surface area contributed by atoms with Crippen molar-refractivity contribution in [3.8, 4) is 5.75 Å². The predicted octanol–water partition coefficient (Wildman–Crippen LogP) is 3.79. The Morgan fingerprint density at radius 2 is 2.00 bits per heavy atom. The minimum Gasteiger partial charge on any atom is -0.465 e. The number of hydrogen-bond donors (Lipinski definition) is 1. The molecule has 2 fully saturated rings. The summed E-state index contributed by atoms with van der Waals surface area (Å²) in [5.41, 5.74) is 0.316. The summed E-state index contributed by atoms with van der Waals surface area (Å²) in [6.45, 7) is -0.787. The standard InChI is InChI=1S/C18H15F3I2O8S2/c19-13(18(20,21)33(26,27)28)1-2-29-15(24)8-4-14-17(6-12(8)32-14)30-11-5-10(23)9(22)3-7(11)16(25)31-17/h3,5,8,12-14H,1-2,4,6H2,(H,26,27,28). The van der Waals surface area contributed by atoms with Crippen LogP contribution in [0.25, 0.3) is 0 Å². The first-order valence-electron chi connectivity index (χ1n) is 9.47. The fourth-order valence-corrected chi connectivity index (χ4v) is 7.21. The number of halogens is 5. The van der Waals surface area contributed by atoms with Gasteiger partial charge in [-0.3, -0.25) is 9.35 Å². The normalized spacial score (nSPS) is 29.4. The van der Waals surface area contributed by atoms with Crippen molar-refractivity contribution < 1.29 is 49.9 Å². The van der Waals surface area contributed by atoms with E-state index in [0.29, 0.717) is 11.3 Å². The molecule has 0 aliphatic carbocycles. The Kier molecular flexibility index (Phi) is 6.85. The average molecular weight is 734 g/mol. The largest absolute Gasteiger partial charge is 0.465 e. The smallest absolute Gasteiger partial charge is 0.400 e. The highest BCUT2D eigenvalue weighted by Gasteiger charge is 2.64. The fourth-order valence-electron chi connectivity index (χ4n) is 3.98. The van der Waals surface area contributed by atoms with E-state index >= 15 is 0 Å². The van der Waals surface area contributed by atoms with Crippen LogP contribution in [0, 0.1) is 13.1 Å². The molecule has 182 valence electrons. The van der Waals surface area contributed by atoms with Crippen LogP contribution in [0.15, 0.2) is 12.1 Å². The summed E-state index contributed by atoms with van der Waals surface area (Å²) >= 11 is 5.61. The number of rotatable bonds is 6. The maximum absolute atomic E-state index is 13.6. The monoisotopic (exact) mass is 734 g/mol. The summed E-state index contributed by atoms with van der Waals surface area (Å²) in [4.78, 5) is 25.0. The molecule has 3 heterocycles. The van der Waals surface area contributed by atoms with Gasteiger partial charge < -0.3 is 14.2 Å². The zero-order chi connectivity index (χ0) is 24.3. The number of ether oxygens (including phenoxy) is 3. The van der Waals surface area contributed by atoms with Crippen LogP contribution in [0.3, 0.4) is 0 Å². The van der Waals surface area contributed by atoms with Gasteiger partial charge in [0, 0.05) is 25.2 Å². The third-order valence-corrected chi connectivity index (χ3v) is 11.1. The van der Waals surface area contributed by atoms with Crippen LogP contribution in [0.5, 0.6) is 5.75 Å². The van der Waals surface area contributed by atoms with Crippen LogP contribution in [-0.4, -0.2) is 59.2 Å². The number of benzene rings is 1. The highest BCUT2D eigenvalue weighted by atomic mass is 127. The lowest BCUT2D eigenvalue weighted by Gasteiger charge is -2.40. The Labute approximate surface area is 217 Å². The molecule has 5 unspecified atom stereocenters. The van der Waals surface area contributed by atoms with Crippen LogP contribution < -0.4 is 4.74 Å². The molecule has 0 aromatic heterocycles. The molecule has 1 aromatic carbocycles. The van der Waals surface area contributed by atoms with Crippen molar-refractivity contribution in [2.45, 2.75) is 47.0 Å². The highest BCUT2D eigenvalue weighted by Crippen LogP contribution is 2.58. The van der Waals surface area contributed by atoms with Gasteiger partial charge in [0.15, 0.2) is 6.17 Å². The second-order valence-corrected chi connectivity index (χ2v) is 13.0. The average Bonchev–Trinajstić information content (AvgIpc) is 3.26. The molecule has 4 rings (SSSR count). The van der Waals surface area contributed by atoms with E-state index < -0.39 is 58.2 Å². The number of esters is 2. The topological polar surface area (TPSA) is 116 Å². The van der Waals surface area contributed by atoms with Gasteiger partial charge in [0.25, 0.3) is 5.79 Å². The molecule has 1 aromatic rings. The van der Waals surface area contributed by atoms with Gasteiger partial charge in [0.1, 0.15) is 11.3 Å². The molecule has 1 spiro atoms. The maximum Gasteiger partial charge on any atom is 0.400 e. The molecule has 0 saturated carbocycles. The van der Waals surface area contributed by atoms with E-state index in [9.17, 15) is 31.2 Å². The van der Waals surface area contributed by atoms with Gasteiger partial charge >= 0.3 is 27.3 Å². The number of thioether (sulfide) groups is 1. The quantitative estimate of drug-likeness (QED) is 0.265. The minimum absolute atomic E-state index is 0.211. The second kappa shape index (κ2) is 8.85. The molecule has 1 N–H and O–H groups in total. The minimum atomic E-state index is -5.93. The summed E-state index contributed by atoms with van der Waals surface area (Å²) in [6.07, 6.45) is -3.90. The first-order valence-corrected chi connectivity index (χ1v) is 14.0. The van der Waals surface area contributed by atoms with Crippen LogP contribution in [0.1, 0.15) is 29.6 Å². The number of alkyl halides is 3. The van der Waals surface area contributed by atoms with Gasteiger partial charge in [-0.15, -0.1) is 11.8 Å². The summed E-state index contributed by atoms with van der Waals surface area (Å²) in [6, 6.07) is 3.43. The third-order valence-electron chi connectivity index (χ3n) is 5.65. The Morgan fingerprint density at radius 1 is 1.33 bits per heavy atom. The van der Waals surface area contributed by atoms with Crippen LogP contribution in [-0.2, 0) is 24.4 Å². The third kappa shape index (κ3) is 4.55. The van der Waals surface area contributed by atoms with E-state index in [4.69, 9.17) is 18.8 Å². The summed E-state index contributed by atoms with van der Waals surface area (Å²) < 4.78 is 88.0. The van der Waals surface area contributed by atoms with E-state index in [1.807, 2.05) is 0 Å². The maximum atomic E-state index is 13.6. The Morgan fingerprint density at radius 3 is 2.61 bits per heavy atom. The molecule has 3 aliphatic rings. The Bertz CT molecular complexity index is 1120. The van der Waals surface area contributed by atoms with E-state index in [1.165, 1.54) is 11.8 Å². The summed E-state index contributed by atoms with van der Waals surface area (Å²) in [5, 5.41) is -5.70. The Hall–Kier alpha value is -0.530. The molecule has 8 nitrogen and oxygen atoms in total. The van der Waals surface area contributed by atoms with Crippen molar-refractivity contribution in [1.29, 1.82) is 0 Å². The number of fused-ring (bicyclic) bond motifs is 4. The first-order chi connectivity index (χ1) is 15.2. The number of carbonyl (C=O) groups is 2. The molecular formula is C18H15F3I2O8S2. The van der Waals surface area contributed by atoms with Gasteiger partial charge in [0.05, 0.1) is 17.8 Å². The van der Waals surface area contributed by atoms with Gasteiger partial charge in [-0.2, -0.15) is 17.2 Å². The van der Waals surface area contributed by atoms with Gasteiger partial charge in [0.2, 0.25) is 0 Å². The zero-order valence-electron chi connectivity index (χ0n) is 16.3. The van der Waals surface area contributed by atoms with Crippen molar-refractivity contribution in [2.24, 2.45) is 5.92 Å².